The highest BCUT2D eigenvalue weighted by molar-refractivity contribution is 7.80. The third kappa shape index (κ3) is 5.28. The monoisotopic (exact) mass is 373 g/mol. The Morgan fingerprint density at radius 2 is 1.52 bits per heavy atom. The first-order valence-electron chi connectivity index (χ1n) is 7.70. The highest BCUT2D eigenvalue weighted by Crippen LogP contribution is 2.42. The number of thiocarbonyl (C=S) groups is 1. The van der Waals surface area contributed by atoms with E-state index in [9.17, 15) is 9.36 Å². The Bertz CT molecular complexity index is 738. The van der Waals surface area contributed by atoms with Gasteiger partial charge in [0.05, 0.1) is 6.16 Å². The number of hydrogen-bond donors (Lipinski definition) is 3. The average molecular weight is 373 g/mol. The largest absolute Gasteiger partial charge is 0.358 e. The van der Waals surface area contributed by atoms with E-state index in [4.69, 9.17) is 12.2 Å². The Labute approximate surface area is 152 Å². The standard InChI is InChI=1S/C18H20N3O2PS/c1-2-13-19-18(25)21-20-17(22)14-24(23,15-9-5-3-6-10-15)16-11-7-4-8-12-16/h2-12H,1,13-14H2,(H,20,22)(H2,19,21,25). The van der Waals surface area contributed by atoms with Crippen molar-refractivity contribution >= 4 is 41.0 Å². The van der Waals surface area contributed by atoms with E-state index in [2.05, 4.69) is 22.7 Å². The van der Waals surface area contributed by atoms with Gasteiger partial charge in [0.15, 0.2) is 12.3 Å². The Kier molecular flexibility index (Phi) is 6.92. The van der Waals surface area contributed by atoms with Gasteiger partial charge in [-0.15, -0.1) is 6.58 Å². The lowest BCUT2D eigenvalue weighted by molar-refractivity contribution is -0.119. The van der Waals surface area contributed by atoms with Gasteiger partial charge in [0.2, 0.25) is 5.91 Å². The zero-order valence-corrected chi connectivity index (χ0v) is 15.4. The highest BCUT2D eigenvalue weighted by Gasteiger charge is 2.30. The van der Waals surface area contributed by atoms with Gasteiger partial charge >= 0.3 is 0 Å². The van der Waals surface area contributed by atoms with Crippen LogP contribution in [0.1, 0.15) is 0 Å². The van der Waals surface area contributed by atoms with Crippen molar-refractivity contribution in [3.8, 4) is 0 Å². The number of nitrogens with one attached hydrogen (secondary N) is 3. The molecule has 0 atom stereocenters. The maximum atomic E-state index is 13.7. The molecule has 0 fully saturated rings. The Balaban J connectivity index is 2.15. The molecule has 0 aliphatic heterocycles. The molecule has 0 bridgehead atoms. The van der Waals surface area contributed by atoms with E-state index >= 15 is 0 Å². The molecule has 25 heavy (non-hydrogen) atoms. The van der Waals surface area contributed by atoms with E-state index < -0.39 is 13.0 Å². The third-order valence-electron chi connectivity index (χ3n) is 3.44. The van der Waals surface area contributed by atoms with Crippen LogP contribution in [0.2, 0.25) is 0 Å². The lowest BCUT2D eigenvalue weighted by Gasteiger charge is -2.19. The van der Waals surface area contributed by atoms with Crippen molar-refractivity contribution in [2.75, 3.05) is 12.7 Å². The molecule has 3 N–H and O–H groups in total. The molecule has 0 unspecified atom stereocenters. The summed E-state index contributed by atoms with van der Waals surface area (Å²) in [5, 5.41) is 4.38. The number of carbonyl (C=O) groups excluding carboxylic acids is 1. The van der Waals surface area contributed by atoms with Gasteiger partial charge in [-0.25, -0.2) is 0 Å². The van der Waals surface area contributed by atoms with E-state index in [1.54, 1.807) is 30.3 Å². The second-order valence-corrected chi connectivity index (χ2v) is 8.48. The fraction of sp³-hybridized carbons (Fsp3) is 0.111. The van der Waals surface area contributed by atoms with Crippen LogP contribution in [0.25, 0.3) is 0 Å². The van der Waals surface area contributed by atoms with Gasteiger partial charge in [-0.3, -0.25) is 15.6 Å². The molecular formula is C18H20N3O2PS. The lowest BCUT2D eigenvalue weighted by Crippen LogP contribution is -2.48. The molecule has 1 amide bonds. The van der Waals surface area contributed by atoms with Crippen LogP contribution in [0, 0.1) is 0 Å². The first kappa shape index (κ1) is 18.9. The second kappa shape index (κ2) is 9.16. The second-order valence-electron chi connectivity index (χ2n) is 5.24. The first-order valence-corrected chi connectivity index (χ1v) is 10.00. The molecule has 0 aliphatic rings. The van der Waals surface area contributed by atoms with E-state index in [0.717, 1.165) is 0 Å². The highest BCUT2D eigenvalue weighted by atomic mass is 32.1. The minimum Gasteiger partial charge on any atom is -0.358 e. The summed E-state index contributed by atoms with van der Waals surface area (Å²) < 4.78 is 13.7. The summed E-state index contributed by atoms with van der Waals surface area (Å²) in [6.45, 7) is 4.05. The van der Waals surface area contributed by atoms with Crippen LogP contribution in [0.3, 0.4) is 0 Å². The lowest BCUT2D eigenvalue weighted by atomic mass is 10.4. The molecule has 0 aromatic heterocycles. The molecular weight excluding hydrogens is 353 g/mol. The van der Waals surface area contributed by atoms with Crippen molar-refractivity contribution in [1.29, 1.82) is 0 Å². The summed E-state index contributed by atoms with van der Waals surface area (Å²) in [5.74, 6) is -0.404. The Hall–Kier alpha value is -2.43. The predicted octanol–water partition coefficient (Wildman–Crippen LogP) is 1.68. The van der Waals surface area contributed by atoms with E-state index in [-0.39, 0.29) is 11.3 Å². The van der Waals surface area contributed by atoms with E-state index in [1.807, 2.05) is 36.4 Å². The van der Waals surface area contributed by atoms with Gasteiger partial charge in [-0.2, -0.15) is 0 Å². The summed E-state index contributed by atoms with van der Waals surface area (Å²) in [6.07, 6.45) is 1.49. The number of hydrogen-bond acceptors (Lipinski definition) is 3. The predicted molar refractivity (Wildman–Crippen MR) is 107 cm³/mol. The summed E-state index contributed by atoms with van der Waals surface area (Å²) in [7, 11) is -3.09. The maximum absolute atomic E-state index is 13.7. The van der Waals surface area contributed by atoms with Crippen LogP contribution in [-0.2, 0) is 9.36 Å². The fourth-order valence-corrected chi connectivity index (χ4v) is 4.84. The molecule has 0 saturated heterocycles. The van der Waals surface area contributed by atoms with Crippen LogP contribution < -0.4 is 26.8 Å². The minimum atomic E-state index is -3.09. The molecule has 2 aromatic rings. The third-order valence-corrected chi connectivity index (χ3v) is 6.68. The van der Waals surface area contributed by atoms with Gasteiger partial charge in [0, 0.05) is 17.2 Å². The molecule has 0 aliphatic carbocycles. The summed E-state index contributed by atoms with van der Waals surface area (Å²) in [5.41, 5.74) is 5.08. The number of amides is 1. The fourth-order valence-electron chi connectivity index (χ4n) is 2.25. The molecule has 2 aromatic carbocycles. The number of benzene rings is 2. The smallest absolute Gasteiger partial charge is 0.246 e. The maximum Gasteiger partial charge on any atom is 0.246 e. The minimum absolute atomic E-state index is 0.155. The van der Waals surface area contributed by atoms with Gasteiger partial charge < -0.3 is 9.88 Å². The molecule has 0 saturated carbocycles. The SMILES string of the molecule is C=CCNC(=S)NNC(=O)CP(=O)(c1ccccc1)c1ccccc1. The van der Waals surface area contributed by atoms with Gasteiger partial charge in [0.1, 0.15) is 0 Å². The number of rotatable bonds is 6. The van der Waals surface area contributed by atoms with Crippen molar-refractivity contribution in [3.63, 3.8) is 0 Å². The van der Waals surface area contributed by atoms with Crippen LogP contribution >= 0.6 is 19.4 Å². The molecule has 7 heteroatoms. The molecule has 5 nitrogen and oxygen atoms in total. The molecule has 130 valence electrons. The van der Waals surface area contributed by atoms with E-state index in [0.29, 0.717) is 17.2 Å². The van der Waals surface area contributed by atoms with Crippen LogP contribution in [0.15, 0.2) is 73.3 Å². The molecule has 0 spiro atoms. The van der Waals surface area contributed by atoms with Crippen molar-refractivity contribution in [2.45, 2.75) is 0 Å². The molecule has 0 heterocycles. The topological polar surface area (TPSA) is 70.2 Å². The molecule has 0 radical (unpaired) electrons. The van der Waals surface area contributed by atoms with Crippen LogP contribution in [0.4, 0.5) is 0 Å². The van der Waals surface area contributed by atoms with Gasteiger partial charge in [0.25, 0.3) is 0 Å². The van der Waals surface area contributed by atoms with Gasteiger partial charge in [-0.1, -0.05) is 66.7 Å². The summed E-state index contributed by atoms with van der Waals surface area (Å²) in [4.78, 5) is 12.3. The zero-order valence-electron chi connectivity index (χ0n) is 13.6. The zero-order chi connectivity index (χ0) is 18.1. The summed E-state index contributed by atoms with van der Waals surface area (Å²) >= 11 is 5.01. The number of hydrazine groups is 1. The van der Waals surface area contributed by atoms with Crippen molar-refractivity contribution in [3.05, 3.63) is 73.3 Å². The first-order chi connectivity index (χ1) is 12.1. The van der Waals surface area contributed by atoms with E-state index in [1.165, 1.54) is 0 Å². The Morgan fingerprint density at radius 3 is 2.00 bits per heavy atom. The van der Waals surface area contributed by atoms with Crippen LogP contribution in [0.5, 0.6) is 0 Å². The molecule has 2 rings (SSSR count). The number of carbonyl (C=O) groups is 1. The van der Waals surface area contributed by atoms with Crippen LogP contribution in [-0.4, -0.2) is 23.7 Å². The van der Waals surface area contributed by atoms with Gasteiger partial charge in [-0.05, 0) is 12.2 Å². The normalized spacial score (nSPS) is 10.6. The van der Waals surface area contributed by atoms with Crippen molar-refractivity contribution in [2.24, 2.45) is 0 Å². The van der Waals surface area contributed by atoms with Crippen molar-refractivity contribution in [1.82, 2.24) is 16.2 Å². The Morgan fingerprint density at radius 1 is 1.00 bits per heavy atom. The summed E-state index contributed by atoms with van der Waals surface area (Å²) in [6, 6.07) is 18.1. The average Bonchev–Trinajstić information content (AvgIpc) is 2.66. The quantitative estimate of drug-likeness (QED) is 0.311. The van der Waals surface area contributed by atoms with Crippen molar-refractivity contribution < 1.29 is 9.36 Å².